The zero-order valence-corrected chi connectivity index (χ0v) is 10.4. The van der Waals surface area contributed by atoms with Crippen LogP contribution in [0.15, 0.2) is 12.2 Å². The lowest BCUT2D eigenvalue weighted by Crippen LogP contribution is -2.19. The highest BCUT2D eigenvalue weighted by atomic mass is 127. The summed E-state index contributed by atoms with van der Waals surface area (Å²) < 4.78 is 1.22. The fraction of sp³-hybridized carbons (Fsp3) is 0.750. The van der Waals surface area contributed by atoms with Crippen LogP contribution in [0.1, 0.15) is 6.42 Å². The van der Waals surface area contributed by atoms with Gasteiger partial charge in [0.2, 0.25) is 0 Å². The summed E-state index contributed by atoms with van der Waals surface area (Å²) in [7, 11) is -0.860. The van der Waals surface area contributed by atoms with E-state index in [1.54, 1.807) is 0 Å². The Kier molecular flexibility index (Phi) is 4.85. The van der Waals surface area contributed by atoms with Crippen LogP contribution in [0.4, 0.5) is 0 Å². The molecule has 0 saturated carbocycles. The summed E-state index contributed by atoms with van der Waals surface area (Å²) in [6, 6.07) is 1.30. The molecule has 60 valence electrons. The van der Waals surface area contributed by atoms with Crippen molar-refractivity contribution in [3.8, 4) is 0 Å². The van der Waals surface area contributed by atoms with Gasteiger partial charge in [-0.15, -0.1) is 6.58 Å². The zero-order chi connectivity index (χ0) is 8.20. The average Bonchev–Trinajstić information content (AvgIpc) is 1.59. The molecule has 0 fully saturated rings. The van der Waals surface area contributed by atoms with Gasteiger partial charge >= 0.3 is 0 Å². The molecular weight excluding hydrogens is 251 g/mol. The molecule has 0 N–H and O–H groups in total. The molecule has 0 aromatic rings. The van der Waals surface area contributed by atoms with E-state index in [2.05, 4.69) is 48.8 Å². The first kappa shape index (κ1) is 10.7. The first-order chi connectivity index (χ1) is 4.45. The molecule has 0 nitrogen and oxygen atoms in total. The second kappa shape index (κ2) is 4.54. The molecule has 0 radical (unpaired) electrons. The third kappa shape index (κ3) is 6.80. The topological polar surface area (TPSA) is 0 Å². The second-order valence-corrected chi connectivity index (χ2v) is 10.5. The van der Waals surface area contributed by atoms with Gasteiger partial charge in [0.15, 0.2) is 0 Å². The van der Waals surface area contributed by atoms with Gasteiger partial charge in [0.25, 0.3) is 0 Å². The lowest BCUT2D eigenvalue weighted by molar-refractivity contribution is 1.12. The number of halogens is 1. The molecule has 0 unspecified atom stereocenters. The average molecular weight is 268 g/mol. The first-order valence-electron chi connectivity index (χ1n) is 3.68. The van der Waals surface area contributed by atoms with Crippen LogP contribution in [0.25, 0.3) is 0 Å². The van der Waals surface area contributed by atoms with E-state index < -0.39 is 8.07 Å². The highest BCUT2D eigenvalue weighted by Crippen LogP contribution is 2.17. The third-order valence-corrected chi connectivity index (χ3v) is 3.33. The van der Waals surface area contributed by atoms with E-state index >= 15 is 0 Å². The number of rotatable bonds is 4. The van der Waals surface area contributed by atoms with Gasteiger partial charge in [-0.3, -0.25) is 0 Å². The predicted molar refractivity (Wildman–Crippen MR) is 60.8 cm³/mol. The molecule has 0 rings (SSSR count). The molecule has 0 aliphatic carbocycles. The van der Waals surface area contributed by atoms with Crippen LogP contribution in [-0.4, -0.2) is 12.5 Å². The lowest BCUT2D eigenvalue weighted by atomic mass is 10.3. The van der Waals surface area contributed by atoms with E-state index in [4.69, 9.17) is 0 Å². The molecule has 0 bridgehead atoms. The van der Waals surface area contributed by atoms with E-state index in [-0.39, 0.29) is 0 Å². The van der Waals surface area contributed by atoms with E-state index in [0.29, 0.717) is 0 Å². The van der Waals surface area contributed by atoms with E-state index in [1.807, 2.05) is 0 Å². The molecule has 0 aliphatic rings. The Morgan fingerprint density at radius 1 is 1.40 bits per heavy atom. The maximum atomic E-state index is 4.06. The van der Waals surface area contributed by atoms with Crippen molar-refractivity contribution in [3.63, 3.8) is 0 Å². The summed E-state index contributed by atoms with van der Waals surface area (Å²) in [6.45, 7) is 11.2. The summed E-state index contributed by atoms with van der Waals surface area (Å²) in [4.78, 5) is 0. The molecule has 0 atom stereocenters. The Morgan fingerprint density at radius 2 is 1.90 bits per heavy atom. The smallest absolute Gasteiger partial charge is 0.0483 e. The van der Waals surface area contributed by atoms with Crippen molar-refractivity contribution in [2.45, 2.75) is 32.1 Å². The van der Waals surface area contributed by atoms with Crippen LogP contribution >= 0.6 is 22.6 Å². The minimum absolute atomic E-state index is 0.860. The minimum Gasteiger partial charge on any atom is -0.100 e. The van der Waals surface area contributed by atoms with Crippen molar-refractivity contribution < 1.29 is 0 Å². The van der Waals surface area contributed by atoms with Crippen LogP contribution in [-0.2, 0) is 0 Å². The Bertz CT molecular complexity index is 113. The maximum Gasteiger partial charge on any atom is 0.0483 e. The summed E-state index contributed by atoms with van der Waals surface area (Å²) in [6.07, 6.45) is 1.21. The number of hydrogen-bond donors (Lipinski definition) is 0. The largest absolute Gasteiger partial charge is 0.100 e. The Morgan fingerprint density at radius 3 is 2.20 bits per heavy atom. The fourth-order valence-electron chi connectivity index (χ4n) is 0.972. The van der Waals surface area contributed by atoms with Gasteiger partial charge in [-0.1, -0.05) is 47.8 Å². The highest BCUT2D eigenvalue weighted by molar-refractivity contribution is 14.1. The Labute approximate surface area is 79.2 Å². The normalized spacial score (nSPS) is 11.6. The van der Waals surface area contributed by atoms with Crippen LogP contribution in [0.5, 0.6) is 0 Å². The van der Waals surface area contributed by atoms with Crippen LogP contribution in [0, 0.1) is 0 Å². The zero-order valence-electron chi connectivity index (χ0n) is 7.21. The molecule has 0 amide bonds. The maximum absolute atomic E-state index is 4.06. The minimum atomic E-state index is -0.860. The quantitative estimate of drug-likeness (QED) is 0.315. The van der Waals surface area contributed by atoms with Crippen LogP contribution < -0.4 is 0 Å². The van der Waals surface area contributed by atoms with E-state index in [1.165, 1.54) is 22.5 Å². The Hall–Kier alpha value is 0.687. The Balaban J connectivity index is 3.58. The monoisotopic (exact) mass is 268 g/mol. The van der Waals surface area contributed by atoms with Crippen molar-refractivity contribution in [3.05, 3.63) is 12.2 Å². The van der Waals surface area contributed by atoms with Gasteiger partial charge < -0.3 is 0 Å². The van der Waals surface area contributed by atoms with Gasteiger partial charge in [0.1, 0.15) is 0 Å². The van der Waals surface area contributed by atoms with Gasteiger partial charge in [0, 0.05) is 12.5 Å². The second-order valence-electron chi connectivity index (χ2n) is 3.93. The fourth-order valence-corrected chi connectivity index (χ4v) is 3.41. The lowest BCUT2D eigenvalue weighted by Gasteiger charge is -2.16. The predicted octanol–water partition coefficient (Wildman–Crippen LogP) is 3.71. The van der Waals surface area contributed by atoms with Crippen molar-refractivity contribution in [1.29, 1.82) is 0 Å². The van der Waals surface area contributed by atoms with Gasteiger partial charge in [-0.05, 0) is 12.5 Å². The third-order valence-electron chi connectivity index (χ3n) is 1.23. The van der Waals surface area contributed by atoms with Crippen molar-refractivity contribution in [2.75, 3.05) is 4.43 Å². The number of hydrogen-bond acceptors (Lipinski definition) is 0. The molecule has 10 heavy (non-hydrogen) atoms. The molecule has 0 spiro atoms. The highest BCUT2D eigenvalue weighted by Gasteiger charge is 2.13. The van der Waals surface area contributed by atoms with Crippen molar-refractivity contribution in [2.24, 2.45) is 0 Å². The van der Waals surface area contributed by atoms with E-state index in [0.717, 1.165) is 0 Å². The summed E-state index contributed by atoms with van der Waals surface area (Å²) >= 11 is 2.41. The standard InChI is InChI=1S/C8H17ISi/c1-8(5-6-9)7-10(2,3)4/h1,5-7H2,2-4H3. The summed E-state index contributed by atoms with van der Waals surface area (Å²) in [5.41, 5.74) is 1.45. The van der Waals surface area contributed by atoms with Crippen molar-refractivity contribution in [1.82, 2.24) is 0 Å². The van der Waals surface area contributed by atoms with Gasteiger partial charge in [0.05, 0.1) is 0 Å². The molecule has 0 aliphatic heterocycles. The summed E-state index contributed by atoms with van der Waals surface area (Å²) in [5.74, 6) is 0. The summed E-state index contributed by atoms with van der Waals surface area (Å²) in [5, 5.41) is 0. The van der Waals surface area contributed by atoms with Gasteiger partial charge in [-0.25, -0.2) is 0 Å². The molecule has 0 aromatic heterocycles. The first-order valence-corrected chi connectivity index (χ1v) is 8.91. The molecule has 2 heteroatoms. The number of allylic oxidation sites excluding steroid dienone is 1. The SMILES string of the molecule is C=C(CCI)C[Si](C)(C)C. The molecule has 0 heterocycles. The molecular formula is C8H17ISi. The number of alkyl halides is 1. The molecule has 0 saturated heterocycles. The van der Waals surface area contributed by atoms with E-state index in [9.17, 15) is 0 Å². The van der Waals surface area contributed by atoms with Gasteiger partial charge in [-0.2, -0.15) is 0 Å². The van der Waals surface area contributed by atoms with Crippen molar-refractivity contribution >= 4 is 30.7 Å². The van der Waals surface area contributed by atoms with Crippen LogP contribution in [0.3, 0.4) is 0 Å². The van der Waals surface area contributed by atoms with Crippen LogP contribution in [0.2, 0.25) is 25.7 Å². The molecule has 0 aromatic carbocycles.